The smallest absolute Gasteiger partial charge is 0.211 e. The van der Waals surface area contributed by atoms with Crippen molar-refractivity contribution in [3.8, 4) is 5.88 Å². The molecule has 0 aliphatic heterocycles. The number of methoxy groups -OCH3 is 1. The first-order valence-electron chi connectivity index (χ1n) is 6.17. The van der Waals surface area contributed by atoms with Gasteiger partial charge in [-0.25, -0.2) is 4.68 Å². The van der Waals surface area contributed by atoms with E-state index < -0.39 is 6.10 Å². The highest BCUT2D eigenvalue weighted by atomic mass is 16.5. The van der Waals surface area contributed by atoms with E-state index in [0.717, 1.165) is 24.8 Å². The molecule has 2 rings (SSSR count). The van der Waals surface area contributed by atoms with E-state index in [4.69, 9.17) is 4.74 Å². The number of aryl methyl sites for hydroxylation is 1. The maximum absolute atomic E-state index is 10.3. The van der Waals surface area contributed by atoms with Gasteiger partial charge >= 0.3 is 0 Å². The summed E-state index contributed by atoms with van der Waals surface area (Å²) in [6, 6.07) is 1.80. The minimum absolute atomic E-state index is 0.580. The fourth-order valence-corrected chi connectivity index (χ4v) is 2.27. The number of aromatic nitrogens is 2. The van der Waals surface area contributed by atoms with Gasteiger partial charge in [0.05, 0.1) is 12.8 Å². The highest BCUT2D eigenvalue weighted by Crippen LogP contribution is 2.29. The van der Waals surface area contributed by atoms with E-state index in [2.05, 4.69) is 11.2 Å². The van der Waals surface area contributed by atoms with Gasteiger partial charge in [-0.15, -0.1) is 0 Å². The topological polar surface area (TPSA) is 47.3 Å². The van der Waals surface area contributed by atoms with Gasteiger partial charge in [0.25, 0.3) is 0 Å². The van der Waals surface area contributed by atoms with Crippen molar-refractivity contribution in [2.24, 2.45) is 7.05 Å². The Labute approximate surface area is 102 Å². The van der Waals surface area contributed by atoms with Crippen LogP contribution in [0.25, 0.3) is 0 Å². The van der Waals surface area contributed by atoms with E-state index in [1.807, 2.05) is 7.05 Å². The van der Waals surface area contributed by atoms with E-state index >= 15 is 0 Å². The monoisotopic (exact) mass is 236 g/mol. The van der Waals surface area contributed by atoms with Crippen molar-refractivity contribution in [1.82, 2.24) is 9.78 Å². The van der Waals surface area contributed by atoms with Crippen LogP contribution in [0.2, 0.25) is 0 Å². The highest BCUT2D eigenvalue weighted by molar-refractivity contribution is 5.25. The van der Waals surface area contributed by atoms with Gasteiger partial charge in [-0.3, -0.25) is 0 Å². The summed E-state index contributed by atoms with van der Waals surface area (Å²) < 4.78 is 6.81. The summed E-state index contributed by atoms with van der Waals surface area (Å²) in [6.07, 6.45) is 7.26. The minimum Gasteiger partial charge on any atom is -0.481 e. The van der Waals surface area contributed by atoms with Crippen molar-refractivity contribution in [3.63, 3.8) is 0 Å². The van der Waals surface area contributed by atoms with Gasteiger partial charge in [0.15, 0.2) is 0 Å². The minimum atomic E-state index is -0.580. The SMILES string of the molecule is COc1cc(C(O)C2=CCCCCC2)nn1C. The van der Waals surface area contributed by atoms with E-state index in [-0.39, 0.29) is 0 Å². The quantitative estimate of drug-likeness (QED) is 0.819. The summed E-state index contributed by atoms with van der Waals surface area (Å²) in [5.74, 6) is 0.674. The molecule has 1 aliphatic carbocycles. The Bertz CT molecular complexity index is 410. The molecule has 94 valence electrons. The van der Waals surface area contributed by atoms with Gasteiger partial charge in [0.1, 0.15) is 6.10 Å². The molecule has 1 aromatic heterocycles. The first-order chi connectivity index (χ1) is 8.22. The fourth-order valence-electron chi connectivity index (χ4n) is 2.27. The summed E-state index contributed by atoms with van der Waals surface area (Å²) in [6.45, 7) is 0. The molecule has 17 heavy (non-hydrogen) atoms. The zero-order chi connectivity index (χ0) is 12.3. The molecule has 4 heteroatoms. The predicted molar refractivity (Wildman–Crippen MR) is 65.9 cm³/mol. The third-order valence-corrected chi connectivity index (χ3v) is 3.27. The lowest BCUT2D eigenvalue weighted by atomic mass is 10.0. The van der Waals surface area contributed by atoms with Crippen LogP contribution in [-0.2, 0) is 7.05 Å². The molecule has 1 unspecified atom stereocenters. The number of hydrogen-bond acceptors (Lipinski definition) is 3. The second-order valence-corrected chi connectivity index (χ2v) is 4.52. The molecule has 0 saturated carbocycles. The predicted octanol–water partition coefficient (Wildman–Crippen LogP) is 2.35. The number of aliphatic hydroxyl groups is 1. The molecule has 1 aromatic rings. The number of nitrogens with zero attached hydrogens (tertiary/aromatic N) is 2. The molecule has 0 fully saturated rings. The zero-order valence-electron chi connectivity index (χ0n) is 10.5. The van der Waals surface area contributed by atoms with Crippen LogP contribution in [0.4, 0.5) is 0 Å². The van der Waals surface area contributed by atoms with E-state index in [9.17, 15) is 5.11 Å². The van der Waals surface area contributed by atoms with E-state index in [1.165, 1.54) is 12.8 Å². The lowest BCUT2D eigenvalue weighted by molar-refractivity contribution is 0.205. The largest absolute Gasteiger partial charge is 0.481 e. The molecule has 0 radical (unpaired) electrons. The Morgan fingerprint density at radius 3 is 2.94 bits per heavy atom. The standard InChI is InChI=1S/C13H20N2O2/c1-15-12(17-2)9-11(14-15)13(16)10-7-5-3-4-6-8-10/h7,9,13,16H,3-6,8H2,1-2H3. The van der Waals surface area contributed by atoms with Crippen LogP contribution in [0.15, 0.2) is 17.7 Å². The maximum atomic E-state index is 10.3. The highest BCUT2D eigenvalue weighted by Gasteiger charge is 2.19. The fraction of sp³-hybridized carbons (Fsp3) is 0.615. The number of hydrogen-bond donors (Lipinski definition) is 1. The molecule has 0 amide bonds. The number of rotatable bonds is 3. The van der Waals surface area contributed by atoms with Crippen molar-refractivity contribution >= 4 is 0 Å². The lowest BCUT2D eigenvalue weighted by Crippen LogP contribution is -2.03. The summed E-state index contributed by atoms with van der Waals surface area (Å²) >= 11 is 0. The molecule has 1 aliphatic rings. The van der Waals surface area contributed by atoms with Crippen molar-refractivity contribution < 1.29 is 9.84 Å². The van der Waals surface area contributed by atoms with Crippen molar-refractivity contribution in [2.45, 2.75) is 38.2 Å². The van der Waals surface area contributed by atoms with Crippen LogP contribution in [0.3, 0.4) is 0 Å². The van der Waals surface area contributed by atoms with Crippen LogP contribution in [-0.4, -0.2) is 22.0 Å². The summed E-state index contributed by atoms with van der Waals surface area (Å²) in [7, 11) is 3.43. The van der Waals surface area contributed by atoms with Crippen molar-refractivity contribution in [2.75, 3.05) is 7.11 Å². The first kappa shape index (κ1) is 12.2. The Morgan fingerprint density at radius 2 is 2.24 bits per heavy atom. The summed E-state index contributed by atoms with van der Waals surface area (Å²) in [4.78, 5) is 0. The zero-order valence-corrected chi connectivity index (χ0v) is 10.5. The van der Waals surface area contributed by atoms with Gasteiger partial charge in [-0.1, -0.05) is 12.5 Å². The van der Waals surface area contributed by atoms with Crippen LogP contribution >= 0.6 is 0 Å². The molecular weight excluding hydrogens is 216 g/mol. The van der Waals surface area contributed by atoms with Crippen LogP contribution in [0, 0.1) is 0 Å². The molecule has 1 heterocycles. The Hall–Kier alpha value is -1.29. The average Bonchev–Trinajstić information content (AvgIpc) is 2.56. The molecule has 0 aromatic carbocycles. The summed E-state index contributed by atoms with van der Waals surface area (Å²) in [5, 5.41) is 14.6. The molecule has 1 N–H and O–H groups in total. The van der Waals surface area contributed by atoms with E-state index in [1.54, 1.807) is 17.9 Å². The van der Waals surface area contributed by atoms with Gasteiger partial charge < -0.3 is 9.84 Å². The van der Waals surface area contributed by atoms with Gasteiger partial charge in [-0.05, 0) is 31.3 Å². The molecule has 1 atom stereocenters. The molecule has 0 spiro atoms. The second kappa shape index (κ2) is 5.36. The normalized spacial score (nSPS) is 18.4. The van der Waals surface area contributed by atoms with Gasteiger partial charge in [0, 0.05) is 13.1 Å². The van der Waals surface area contributed by atoms with E-state index in [0.29, 0.717) is 11.6 Å². The number of allylic oxidation sites excluding steroid dienone is 1. The number of aliphatic hydroxyl groups excluding tert-OH is 1. The van der Waals surface area contributed by atoms with Crippen LogP contribution in [0.1, 0.15) is 43.9 Å². The Morgan fingerprint density at radius 1 is 1.41 bits per heavy atom. The maximum Gasteiger partial charge on any atom is 0.211 e. The summed E-state index contributed by atoms with van der Waals surface area (Å²) in [5.41, 5.74) is 1.78. The average molecular weight is 236 g/mol. The molecule has 0 bridgehead atoms. The third-order valence-electron chi connectivity index (χ3n) is 3.27. The van der Waals surface area contributed by atoms with Gasteiger partial charge in [0.2, 0.25) is 5.88 Å². The van der Waals surface area contributed by atoms with Crippen molar-refractivity contribution in [3.05, 3.63) is 23.4 Å². The van der Waals surface area contributed by atoms with Gasteiger partial charge in [-0.2, -0.15) is 5.10 Å². The Balaban J connectivity index is 2.17. The lowest BCUT2D eigenvalue weighted by Gasteiger charge is -2.11. The van der Waals surface area contributed by atoms with Crippen LogP contribution < -0.4 is 4.74 Å². The third kappa shape index (κ3) is 2.69. The first-order valence-corrected chi connectivity index (χ1v) is 6.17. The Kier molecular flexibility index (Phi) is 3.84. The van der Waals surface area contributed by atoms with Crippen molar-refractivity contribution in [1.29, 1.82) is 0 Å². The number of ether oxygens (including phenoxy) is 1. The molecule has 4 nitrogen and oxygen atoms in total. The van der Waals surface area contributed by atoms with Crippen LogP contribution in [0.5, 0.6) is 5.88 Å². The second-order valence-electron chi connectivity index (χ2n) is 4.52. The molecular formula is C13H20N2O2. The molecule has 0 saturated heterocycles.